The Morgan fingerprint density at radius 1 is 0.964 bits per heavy atom. The molecular weight excluding hydrogens is 365 g/mol. The topological polar surface area (TPSA) is 18.5 Å². The van der Waals surface area contributed by atoms with Gasteiger partial charge in [-0.15, -0.1) is 0 Å². The van der Waals surface area contributed by atoms with Crippen molar-refractivity contribution in [1.82, 2.24) is 0 Å². The Hall–Kier alpha value is -2.95. The van der Waals surface area contributed by atoms with Gasteiger partial charge < -0.3 is 9.47 Å². The SMILES string of the molecule is COc1ccc(C2Cc3ccc(-c4ccc(C)cc4)c(F)c3OC2(F)F)cc1. The van der Waals surface area contributed by atoms with Crippen molar-refractivity contribution < 1.29 is 22.6 Å². The lowest BCUT2D eigenvalue weighted by atomic mass is 9.87. The van der Waals surface area contributed by atoms with Crippen molar-refractivity contribution in [2.24, 2.45) is 0 Å². The Morgan fingerprint density at radius 3 is 2.29 bits per heavy atom. The number of rotatable bonds is 3. The van der Waals surface area contributed by atoms with E-state index in [0.29, 0.717) is 22.4 Å². The first-order chi connectivity index (χ1) is 13.4. The molecule has 0 radical (unpaired) electrons. The van der Waals surface area contributed by atoms with Gasteiger partial charge >= 0.3 is 6.11 Å². The molecule has 0 fully saturated rings. The minimum Gasteiger partial charge on any atom is -0.497 e. The van der Waals surface area contributed by atoms with E-state index in [1.54, 1.807) is 48.5 Å². The summed E-state index contributed by atoms with van der Waals surface area (Å²) in [6, 6.07) is 16.9. The zero-order valence-electron chi connectivity index (χ0n) is 15.5. The highest BCUT2D eigenvalue weighted by Gasteiger charge is 2.48. The summed E-state index contributed by atoms with van der Waals surface area (Å²) in [5.41, 5.74) is 2.75. The standard InChI is InChI=1S/C23H19F3O2/c1-14-3-5-15(6-4-14)19-12-9-17-13-20(16-7-10-18(27-2)11-8-16)23(25,26)28-22(17)21(19)24/h3-12,20H,13H2,1-2H3. The average molecular weight is 384 g/mol. The lowest BCUT2D eigenvalue weighted by Gasteiger charge is -2.33. The first-order valence-corrected chi connectivity index (χ1v) is 8.98. The van der Waals surface area contributed by atoms with Gasteiger partial charge in [0.25, 0.3) is 0 Å². The largest absolute Gasteiger partial charge is 0.497 e. The van der Waals surface area contributed by atoms with E-state index >= 15 is 4.39 Å². The third-order valence-corrected chi connectivity index (χ3v) is 5.13. The highest BCUT2D eigenvalue weighted by atomic mass is 19.3. The number of fused-ring (bicyclic) bond motifs is 1. The molecule has 28 heavy (non-hydrogen) atoms. The molecule has 1 aliphatic heterocycles. The number of alkyl halides is 2. The molecule has 1 unspecified atom stereocenters. The minimum atomic E-state index is -3.52. The maximum Gasteiger partial charge on any atom is 0.405 e. The highest BCUT2D eigenvalue weighted by molar-refractivity contribution is 5.68. The van der Waals surface area contributed by atoms with Crippen molar-refractivity contribution in [3.05, 3.63) is 83.2 Å². The van der Waals surface area contributed by atoms with Crippen LogP contribution in [0.15, 0.2) is 60.7 Å². The number of aryl methyl sites for hydroxylation is 1. The molecular formula is C23H19F3O2. The van der Waals surface area contributed by atoms with Crippen LogP contribution in [0.1, 0.15) is 22.6 Å². The Bertz CT molecular complexity index is 996. The van der Waals surface area contributed by atoms with E-state index in [9.17, 15) is 8.78 Å². The molecule has 3 aromatic rings. The Balaban J connectivity index is 1.72. The summed E-state index contributed by atoms with van der Waals surface area (Å²) in [5.74, 6) is -1.74. The molecule has 0 aromatic heterocycles. The Kier molecular flexibility index (Phi) is 4.53. The number of methoxy groups -OCH3 is 1. The maximum absolute atomic E-state index is 15.0. The predicted octanol–water partition coefficient (Wildman–Crippen LogP) is 6.12. The zero-order chi connectivity index (χ0) is 19.9. The summed E-state index contributed by atoms with van der Waals surface area (Å²) in [6.07, 6.45) is -3.53. The van der Waals surface area contributed by atoms with Gasteiger partial charge in [0.05, 0.1) is 13.0 Å². The van der Waals surface area contributed by atoms with Crippen LogP contribution in [0.2, 0.25) is 0 Å². The molecule has 1 atom stereocenters. The number of hydrogen-bond donors (Lipinski definition) is 0. The van der Waals surface area contributed by atoms with Crippen LogP contribution in [-0.2, 0) is 6.42 Å². The van der Waals surface area contributed by atoms with Crippen LogP contribution in [0.25, 0.3) is 11.1 Å². The molecule has 2 nitrogen and oxygen atoms in total. The minimum absolute atomic E-state index is 0.0141. The fourth-order valence-corrected chi connectivity index (χ4v) is 3.52. The molecule has 0 amide bonds. The van der Waals surface area contributed by atoms with Crippen LogP contribution in [0.5, 0.6) is 11.5 Å². The van der Waals surface area contributed by atoms with Gasteiger partial charge in [0.15, 0.2) is 11.6 Å². The third-order valence-electron chi connectivity index (χ3n) is 5.13. The summed E-state index contributed by atoms with van der Waals surface area (Å²) < 4.78 is 54.6. The first kappa shape index (κ1) is 18.4. The molecule has 1 aliphatic rings. The van der Waals surface area contributed by atoms with E-state index in [4.69, 9.17) is 9.47 Å². The van der Waals surface area contributed by atoms with Crippen LogP contribution < -0.4 is 9.47 Å². The molecule has 0 saturated heterocycles. The molecule has 144 valence electrons. The first-order valence-electron chi connectivity index (χ1n) is 8.98. The fraction of sp³-hybridized carbons (Fsp3) is 0.217. The number of halogens is 3. The van der Waals surface area contributed by atoms with Gasteiger partial charge in [-0.25, -0.2) is 4.39 Å². The molecule has 0 N–H and O–H groups in total. The summed E-state index contributed by atoms with van der Waals surface area (Å²) in [4.78, 5) is 0. The van der Waals surface area contributed by atoms with Crippen LogP contribution in [0.3, 0.4) is 0 Å². The summed E-state index contributed by atoms with van der Waals surface area (Å²) in [5, 5.41) is 0. The lowest BCUT2D eigenvalue weighted by Crippen LogP contribution is -2.38. The average Bonchev–Trinajstić information content (AvgIpc) is 2.69. The van der Waals surface area contributed by atoms with Gasteiger partial charge in [-0.2, -0.15) is 8.78 Å². The second kappa shape index (κ2) is 6.89. The van der Waals surface area contributed by atoms with Gasteiger partial charge in [0, 0.05) is 5.56 Å². The van der Waals surface area contributed by atoms with Gasteiger partial charge in [-0.3, -0.25) is 0 Å². The zero-order valence-corrected chi connectivity index (χ0v) is 15.5. The molecule has 0 aliphatic carbocycles. The maximum atomic E-state index is 15.0. The molecule has 0 bridgehead atoms. The smallest absolute Gasteiger partial charge is 0.405 e. The van der Waals surface area contributed by atoms with Crippen LogP contribution >= 0.6 is 0 Å². The van der Waals surface area contributed by atoms with Crippen molar-refractivity contribution in [2.45, 2.75) is 25.4 Å². The second-order valence-corrected chi connectivity index (χ2v) is 6.98. The van der Waals surface area contributed by atoms with Crippen molar-refractivity contribution in [2.75, 3.05) is 7.11 Å². The predicted molar refractivity (Wildman–Crippen MR) is 102 cm³/mol. The van der Waals surface area contributed by atoms with Crippen LogP contribution in [-0.4, -0.2) is 13.2 Å². The molecule has 5 heteroatoms. The second-order valence-electron chi connectivity index (χ2n) is 6.98. The van der Waals surface area contributed by atoms with Gasteiger partial charge in [-0.05, 0) is 42.2 Å². The Labute approximate surface area is 161 Å². The van der Waals surface area contributed by atoms with Gasteiger partial charge in [-0.1, -0.05) is 54.1 Å². The third kappa shape index (κ3) is 3.21. The van der Waals surface area contributed by atoms with Crippen molar-refractivity contribution >= 4 is 0 Å². The van der Waals surface area contributed by atoms with Gasteiger partial charge in [0.1, 0.15) is 5.75 Å². The molecule has 4 rings (SSSR count). The van der Waals surface area contributed by atoms with Gasteiger partial charge in [0.2, 0.25) is 0 Å². The number of benzene rings is 3. The monoisotopic (exact) mass is 384 g/mol. The molecule has 1 heterocycles. The lowest BCUT2D eigenvalue weighted by molar-refractivity contribution is -0.203. The number of ether oxygens (including phenoxy) is 2. The van der Waals surface area contributed by atoms with E-state index in [-0.39, 0.29) is 17.7 Å². The fourth-order valence-electron chi connectivity index (χ4n) is 3.52. The summed E-state index contributed by atoms with van der Waals surface area (Å²) in [7, 11) is 1.51. The summed E-state index contributed by atoms with van der Waals surface area (Å²) >= 11 is 0. The van der Waals surface area contributed by atoms with Crippen molar-refractivity contribution in [3.63, 3.8) is 0 Å². The normalized spacial score (nSPS) is 17.5. The van der Waals surface area contributed by atoms with Crippen LogP contribution in [0, 0.1) is 12.7 Å². The van der Waals surface area contributed by atoms with E-state index in [1.165, 1.54) is 7.11 Å². The van der Waals surface area contributed by atoms with E-state index in [1.807, 2.05) is 19.1 Å². The number of hydrogen-bond acceptors (Lipinski definition) is 2. The van der Waals surface area contributed by atoms with Crippen molar-refractivity contribution in [3.8, 4) is 22.6 Å². The quantitative estimate of drug-likeness (QED) is 0.541. The highest BCUT2D eigenvalue weighted by Crippen LogP contribution is 2.47. The molecule has 0 saturated carbocycles. The molecule has 0 spiro atoms. The van der Waals surface area contributed by atoms with E-state index in [0.717, 1.165) is 5.56 Å². The Morgan fingerprint density at radius 2 is 1.64 bits per heavy atom. The van der Waals surface area contributed by atoms with E-state index in [2.05, 4.69) is 0 Å². The van der Waals surface area contributed by atoms with Crippen LogP contribution in [0.4, 0.5) is 13.2 Å². The van der Waals surface area contributed by atoms with E-state index < -0.39 is 17.8 Å². The summed E-state index contributed by atoms with van der Waals surface area (Å²) in [6.45, 7) is 1.93. The van der Waals surface area contributed by atoms with Crippen molar-refractivity contribution in [1.29, 1.82) is 0 Å². The molecule has 3 aromatic carbocycles.